The molecule has 0 aliphatic carbocycles. The molecule has 1 heterocycles. The molecular weight excluding hydrogens is 215 g/mol. The van der Waals surface area contributed by atoms with Crippen molar-refractivity contribution in [2.75, 3.05) is 11.5 Å². The lowest BCUT2D eigenvalue weighted by molar-refractivity contribution is -0.109. The van der Waals surface area contributed by atoms with Crippen LogP contribution in [-0.4, -0.2) is 15.9 Å². The van der Waals surface area contributed by atoms with Crippen molar-refractivity contribution in [2.45, 2.75) is 6.92 Å². The molecule has 0 spiro atoms. The molecule has 2 N–H and O–H groups in total. The quantitative estimate of drug-likeness (QED) is 0.579. The number of carbonyl (C=O) groups is 1. The molecule has 0 amide bonds. The first-order chi connectivity index (χ1) is 7.09. The van der Waals surface area contributed by atoms with Gasteiger partial charge in [-0.1, -0.05) is 17.7 Å². The summed E-state index contributed by atoms with van der Waals surface area (Å²) in [7, 11) is 0. The van der Waals surface area contributed by atoms with E-state index in [1.54, 1.807) is 0 Å². The minimum atomic E-state index is -0.618. The molecule has 1 aromatic rings. The predicted octanol–water partition coefficient (Wildman–Crippen LogP) is 1.43. The molecule has 0 aliphatic rings. The van der Waals surface area contributed by atoms with Gasteiger partial charge in [-0.05, 0) is 18.1 Å². The molecular formula is C10H9FN2OS. The van der Waals surface area contributed by atoms with Crippen LogP contribution in [0.4, 0.5) is 10.1 Å². The average Bonchev–Trinajstić information content (AvgIpc) is 2.17. The van der Waals surface area contributed by atoms with Crippen LogP contribution < -0.4 is 5.73 Å². The van der Waals surface area contributed by atoms with Crippen LogP contribution in [0.1, 0.15) is 12.6 Å². The molecule has 1 rings (SSSR count). The van der Waals surface area contributed by atoms with Gasteiger partial charge in [0.25, 0.3) is 0 Å². The second-order valence-corrected chi connectivity index (χ2v) is 3.81. The van der Waals surface area contributed by atoms with Crippen LogP contribution in [0.25, 0.3) is 0 Å². The van der Waals surface area contributed by atoms with Gasteiger partial charge in [0.1, 0.15) is 5.69 Å². The lowest BCUT2D eigenvalue weighted by atomic mass is 10.3. The topological polar surface area (TPSA) is 56.0 Å². The number of anilines is 1. The number of rotatable bonds is 1. The lowest BCUT2D eigenvalue weighted by Gasteiger charge is -1.95. The number of nitrogens with zero attached hydrogens (tertiary/aromatic N) is 1. The monoisotopic (exact) mass is 224 g/mol. The second-order valence-electron chi connectivity index (χ2n) is 2.65. The van der Waals surface area contributed by atoms with E-state index in [9.17, 15) is 9.18 Å². The molecule has 0 saturated carbocycles. The molecule has 3 nitrogen and oxygen atoms in total. The van der Waals surface area contributed by atoms with Gasteiger partial charge < -0.3 is 5.73 Å². The third kappa shape index (κ3) is 4.00. The molecule has 0 fully saturated rings. The summed E-state index contributed by atoms with van der Waals surface area (Å²) in [5.74, 6) is 5.03. The number of nitrogen functional groups attached to an aromatic ring is 1. The fraction of sp³-hybridized carbons (Fsp3) is 0.200. The van der Waals surface area contributed by atoms with Gasteiger partial charge in [-0.2, -0.15) is 4.39 Å². The van der Waals surface area contributed by atoms with Gasteiger partial charge in [0.2, 0.25) is 5.95 Å². The van der Waals surface area contributed by atoms with Gasteiger partial charge in [0.05, 0.1) is 11.4 Å². The smallest absolute Gasteiger partial charge is 0.214 e. The van der Waals surface area contributed by atoms with Crippen molar-refractivity contribution in [3.05, 3.63) is 23.8 Å². The van der Waals surface area contributed by atoms with E-state index < -0.39 is 5.95 Å². The summed E-state index contributed by atoms with van der Waals surface area (Å²) in [6.45, 7) is 1.46. The van der Waals surface area contributed by atoms with E-state index >= 15 is 0 Å². The molecule has 0 radical (unpaired) electrons. The van der Waals surface area contributed by atoms with Gasteiger partial charge in [-0.15, -0.1) is 0 Å². The maximum Gasteiger partial charge on any atom is 0.214 e. The Morgan fingerprint density at radius 3 is 3.07 bits per heavy atom. The number of hydrogen-bond donors (Lipinski definition) is 1. The number of halogens is 1. The highest BCUT2D eigenvalue weighted by molar-refractivity contribution is 8.13. The number of nitrogens with two attached hydrogens (primary N) is 1. The van der Waals surface area contributed by atoms with E-state index in [1.165, 1.54) is 19.1 Å². The molecule has 15 heavy (non-hydrogen) atoms. The minimum Gasteiger partial charge on any atom is -0.396 e. The SMILES string of the molecule is CC(=O)SCC#Cc1nc(F)ccc1N. The fourth-order valence-corrected chi connectivity index (χ4v) is 1.15. The number of pyridine rings is 1. The van der Waals surface area contributed by atoms with Crippen molar-refractivity contribution in [1.29, 1.82) is 0 Å². The van der Waals surface area contributed by atoms with Crippen LogP contribution in [0.3, 0.4) is 0 Å². The van der Waals surface area contributed by atoms with Crippen LogP contribution in [0.15, 0.2) is 12.1 Å². The maximum atomic E-state index is 12.7. The Morgan fingerprint density at radius 1 is 1.67 bits per heavy atom. The van der Waals surface area contributed by atoms with E-state index in [-0.39, 0.29) is 10.8 Å². The normalized spacial score (nSPS) is 9.20. The van der Waals surface area contributed by atoms with Crippen LogP contribution in [0.5, 0.6) is 0 Å². The van der Waals surface area contributed by atoms with Crippen molar-refractivity contribution < 1.29 is 9.18 Å². The van der Waals surface area contributed by atoms with Crippen LogP contribution >= 0.6 is 11.8 Å². The van der Waals surface area contributed by atoms with E-state index in [0.717, 1.165) is 11.8 Å². The van der Waals surface area contributed by atoms with Crippen LogP contribution in [0, 0.1) is 17.8 Å². The van der Waals surface area contributed by atoms with Gasteiger partial charge in [0.15, 0.2) is 5.12 Å². The average molecular weight is 224 g/mol. The molecule has 1 aromatic heterocycles. The number of carbonyl (C=O) groups excluding carboxylic acids is 1. The van der Waals surface area contributed by atoms with Gasteiger partial charge in [-0.25, -0.2) is 4.98 Å². The number of thioether (sulfide) groups is 1. The van der Waals surface area contributed by atoms with E-state index in [2.05, 4.69) is 16.8 Å². The van der Waals surface area contributed by atoms with Crippen molar-refractivity contribution in [3.63, 3.8) is 0 Å². The summed E-state index contributed by atoms with van der Waals surface area (Å²) in [5.41, 5.74) is 6.06. The first kappa shape index (κ1) is 11.5. The summed E-state index contributed by atoms with van der Waals surface area (Å²) >= 11 is 1.09. The molecule has 0 aliphatic heterocycles. The first-order valence-electron chi connectivity index (χ1n) is 4.14. The van der Waals surface area contributed by atoms with Crippen molar-refractivity contribution in [2.24, 2.45) is 0 Å². The molecule has 5 heteroatoms. The van der Waals surface area contributed by atoms with Gasteiger partial charge in [0, 0.05) is 6.92 Å². The summed E-state index contributed by atoms with van der Waals surface area (Å²) in [6.07, 6.45) is 0. The summed E-state index contributed by atoms with van der Waals surface area (Å²) < 4.78 is 12.7. The molecule has 0 unspecified atom stereocenters. The summed E-state index contributed by atoms with van der Waals surface area (Å²) in [5, 5.41) is -0.00975. The predicted molar refractivity (Wildman–Crippen MR) is 58.6 cm³/mol. The zero-order valence-corrected chi connectivity index (χ0v) is 8.90. The van der Waals surface area contributed by atoms with E-state index in [0.29, 0.717) is 11.4 Å². The van der Waals surface area contributed by atoms with E-state index in [1.807, 2.05) is 0 Å². The lowest BCUT2D eigenvalue weighted by Crippen LogP contribution is -1.95. The Labute approximate surface area is 91.3 Å². The van der Waals surface area contributed by atoms with Crippen molar-refractivity contribution >= 4 is 22.6 Å². The van der Waals surface area contributed by atoms with Crippen LogP contribution in [0.2, 0.25) is 0 Å². The highest BCUT2D eigenvalue weighted by Crippen LogP contribution is 2.07. The molecule has 0 aromatic carbocycles. The third-order valence-electron chi connectivity index (χ3n) is 1.45. The van der Waals surface area contributed by atoms with Gasteiger partial charge >= 0.3 is 0 Å². The number of aromatic nitrogens is 1. The molecule has 0 saturated heterocycles. The molecule has 0 atom stereocenters. The number of hydrogen-bond acceptors (Lipinski definition) is 4. The second kappa shape index (κ2) is 5.37. The Bertz CT molecular complexity index is 437. The highest BCUT2D eigenvalue weighted by atomic mass is 32.2. The zero-order chi connectivity index (χ0) is 11.3. The van der Waals surface area contributed by atoms with Crippen molar-refractivity contribution in [1.82, 2.24) is 4.98 Å². The van der Waals surface area contributed by atoms with Crippen molar-refractivity contribution in [3.8, 4) is 11.8 Å². The third-order valence-corrected chi connectivity index (χ3v) is 2.14. The fourth-order valence-electron chi connectivity index (χ4n) is 0.804. The van der Waals surface area contributed by atoms with Gasteiger partial charge in [-0.3, -0.25) is 4.79 Å². The van der Waals surface area contributed by atoms with Crippen LogP contribution in [-0.2, 0) is 4.79 Å². The van der Waals surface area contributed by atoms with E-state index in [4.69, 9.17) is 5.73 Å². The standard InChI is InChI=1S/C10H9FN2OS/c1-7(14)15-6-2-3-9-8(12)4-5-10(11)13-9/h4-5H,6,12H2,1H3. The summed E-state index contributed by atoms with van der Waals surface area (Å²) in [6, 6.07) is 2.58. The Hall–Kier alpha value is -1.54. The minimum absolute atomic E-state index is 0.00975. The molecule has 0 bridgehead atoms. The summed E-state index contributed by atoms with van der Waals surface area (Å²) in [4.78, 5) is 14.1. The zero-order valence-electron chi connectivity index (χ0n) is 8.08. The highest BCUT2D eigenvalue weighted by Gasteiger charge is 1.98. The largest absolute Gasteiger partial charge is 0.396 e. The first-order valence-corrected chi connectivity index (χ1v) is 5.12. The molecule has 78 valence electrons. The maximum absolute atomic E-state index is 12.7. The Morgan fingerprint density at radius 2 is 2.40 bits per heavy atom. The Balaban J connectivity index is 2.71. The Kier molecular flexibility index (Phi) is 4.13.